The van der Waals surface area contributed by atoms with Gasteiger partial charge in [0.15, 0.2) is 5.69 Å². The molecule has 1 aromatic carbocycles. The number of nitrogens with zero attached hydrogens (tertiary/aromatic N) is 2. The van der Waals surface area contributed by atoms with Crippen LogP contribution in [0.5, 0.6) is 0 Å². The second kappa shape index (κ2) is 7.67. The van der Waals surface area contributed by atoms with Gasteiger partial charge in [-0.1, -0.05) is 18.2 Å². The van der Waals surface area contributed by atoms with Gasteiger partial charge in [0.25, 0.3) is 5.91 Å². The van der Waals surface area contributed by atoms with Crippen LogP contribution in [0.25, 0.3) is 5.69 Å². The average molecular weight is 295 g/mol. The Bertz CT molecular complexity index is 539. The van der Waals surface area contributed by atoms with Crippen molar-refractivity contribution in [2.24, 2.45) is 5.73 Å². The zero-order valence-corrected chi connectivity index (χ0v) is 12.1. The van der Waals surface area contributed by atoms with Crippen molar-refractivity contribution in [2.45, 2.75) is 19.4 Å². The smallest absolute Gasteiger partial charge is 0.271 e. The molecule has 0 fully saturated rings. The number of halogens is 1. The second-order valence-corrected chi connectivity index (χ2v) is 4.50. The van der Waals surface area contributed by atoms with Crippen LogP contribution in [0.15, 0.2) is 42.6 Å². The fraction of sp³-hybridized carbons (Fsp3) is 0.286. The predicted octanol–water partition coefficient (Wildman–Crippen LogP) is 1.76. The van der Waals surface area contributed by atoms with Crippen LogP contribution in [0.1, 0.15) is 23.8 Å². The van der Waals surface area contributed by atoms with Crippen LogP contribution in [0.4, 0.5) is 0 Å². The molecule has 1 atom stereocenters. The molecule has 5 nitrogen and oxygen atoms in total. The lowest BCUT2D eigenvalue weighted by molar-refractivity contribution is 0.0947. The molecule has 6 heteroatoms. The van der Waals surface area contributed by atoms with E-state index in [4.69, 9.17) is 5.73 Å². The highest BCUT2D eigenvalue weighted by atomic mass is 35.5. The molecule has 20 heavy (non-hydrogen) atoms. The van der Waals surface area contributed by atoms with Gasteiger partial charge in [0, 0.05) is 18.8 Å². The van der Waals surface area contributed by atoms with E-state index in [1.807, 2.05) is 37.3 Å². The third-order valence-electron chi connectivity index (χ3n) is 2.73. The van der Waals surface area contributed by atoms with Crippen LogP contribution in [0.3, 0.4) is 0 Å². The molecule has 1 amide bonds. The molecule has 2 rings (SSSR count). The quantitative estimate of drug-likeness (QED) is 0.882. The minimum Gasteiger partial charge on any atom is -0.351 e. The molecule has 0 aliphatic heterocycles. The van der Waals surface area contributed by atoms with E-state index in [1.54, 1.807) is 16.9 Å². The molecule has 3 N–H and O–H groups in total. The van der Waals surface area contributed by atoms with Crippen molar-refractivity contribution < 1.29 is 4.79 Å². The molecule has 0 aliphatic carbocycles. The van der Waals surface area contributed by atoms with Crippen LogP contribution < -0.4 is 11.1 Å². The number of carbonyl (C=O) groups is 1. The van der Waals surface area contributed by atoms with Crippen molar-refractivity contribution in [3.8, 4) is 5.69 Å². The summed E-state index contributed by atoms with van der Waals surface area (Å²) in [6.45, 7) is 2.48. The average Bonchev–Trinajstić information content (AvgIpc) is 2.89. The van der Waals surface area contributed by atoms with Crippen molar-refractivity contribution in [3.63, 3.8) is 0 Å². The van der Waals surface area contributed by atoms with E-state index in [2.05, 4.69) is 10.4 Å². The number of nitrogens with two attached hydrogens (primary N) is 1. The number of rotatable bonds is 5. The number of nitrogens with one attached hydrogen (secondary N) is 1. The number of amides is 1. The maximum Gasteiger partial charge on any atom is 0.271 e. The van der Waals surface area contributed by atoms with Crippen molar-refractivity contribution in [3.05, 3.63) is 48.3 Å². The Labute approximate surface area is 124 Å². The van der Waals surface area contributed by atoms with Crippen molar-refractivity contribution in [1.82, 2.24) is 15.1 Å². The molecule has 108 valence electrons. The molecule has 2 aromatic rings. The molecule has 0 saturated carbocycles. The molecule has 0 bridgehead atoms. The van der Waals surface area contributed by atoms with Gasteiger partial charge >= 0.3 is 0 Å². The fourth-order valence-electron chi connectivity index (χ4n) is 1.67. The van der Waals surface area contributed by atoms with Crippen molar-refractivity contribution in [1.29, 1.82) is 0 Å². The normalized spacial score (nSPS) is 11.5. The lowest BCUT2D eigenvalue weighted by atomic mass is 10.2. The molecular weight excluding hydrogens is 276 g/mol. The van der Waals surface area contributed by atoms with E-state index in [1.165, 1.54) is 0 Å². The monoisotopic (exact) mass is 294 g/mol. The highest BCUT2D eigenvalue weighted by Crippen LogP contribution is 2.06. The molecule has 0 saturated heterocycles. The first-order chi connectivity index (χ1) is 9.16. The zero-order valence-electron chi connectivity index (χ0n) is 11.3. The number of hydrogen-bond donors (Lipinski definition) is 2. The molecule has 1 heterocycles. The van der Waals surface area contributed by atoms with Gasteiger partial charge in [-0.05, 0) is 31.5 Å². The van der Waals surface area contributed by atoms with E-state index in [0.717, 1.165) is 12.1 Å². The Hall–Kier alpha value is -1.85. The Morgan fingerprint density at radius 2 is 2.05 bits per heavy atom. The number of carbonyl (C=O) groups excluding carboxylic acids is 1. The van der Waals surface area contributed by atoms with Gasteiger partial charge in [-0.25, -0.2) is 4.68 Å². The Kier molecular flexibility index (Phi) is 6.21. The first kappa shape index (κ1) is 16.2. The lowest BCUT2D eigenvalue weighted by Crippen LogP contribution is -2.29. The summed E-state index contributed by atoms with van der Waals surface area (Å²) >= 11 is 0. The standard InChI is InChI=1S/C14H18N4O.ClH/c1-11(15)7-9-16-14(19)13-8-10-18(17-13)12-5-3-2-4-6-12;/h2-6,8,10-11H,7,9,15H2,1H3,(H,16,19);1H. The lowest BCUT2D eigenvalue weighted by Gasteiger charge is -2.05. The first-order valence-corrected chi connectivity index (χ1v) is 6.31. The maximum absolute atomic E-state index is 11.8. The predicted molar refractivity (Wildman–Crippen MR) is 81.4 cm³/mol. The first-order valence-electron chi connectivity index (χ1n) is 6.31. The maximum atomic E-state index is 11.8. The number of para-hydroxylation sites is 1. The van der Waals surface area contributed by atoms with Crippen LogP contribution in [0.2, 0.25) is 0 Å². The van der Waals surface area contributed by atoms with Crippen LogP contribution in [-0.4, -0.2) is 28.3 Å². The molecular formula is C14H19ClN4O. The highest BCUT2D eigenvalue weighted by Gasteiger charge is 2.09. The third kappa shape index (κ3) is 4.36. The van der Waals surface area contributed by atoms with Gasteiger partial charge in [0.2, 0.25) is 0 Å². The van der Waals surface area contributed by atoms with Crippen molar-refractivity contribution in [2.75, 3.05) is 6.54 Å². The van der Waals surface area contributed by atoms with Gasteiger partial charge < -0.3 is 11.1 Å². The van der Waals surface area contributed by atoms with Gasteiger partial charge in [-0.2, -0.15) is 5.10 Å². The Morgan fingerprint density at radius 3 is 2.70 bits per heavy atom. The number of benzene rings is 1. The van der Waals surface area contributed by atoms with E-state index in [9.17, 15) is 4.79 Å². The molecule has 0 radical (unpaired) electrons. The number of aromatic nitrogens is 2. The minimum absolute atomic E-state index is 0. The highest BCUT2D eigenvalue weighted by molar-refractivity contribution is 5.92. The zero-order chi connectivity index (χ0) is 13.7. The van der Waals surface area contributed by atoms with Crippen molar-refractivity contribution >= 4 is 18.3 Å². The number of hydrogen-bond acceptors (Lipinski definition) is 3. The topological polar surface area (TPSA) is 72.9 Å². The summed E-state index contributed by atoms with van der Waals surface area (Å²) < 4.78 is 1.68. The largest absolute Gasteiger partial charge is 0.351 e. The minimum atomic E-state index is -0.171. The molecule has 0 aliphatic rings. The van der Waals surface area contributed by atoms with Gasteiger partial charge in [0.05, 0.1) is 5.69 Å². The summed E-state index contributed by atoms with van der Waals surface area (Å²) in [5.74, 6) is -0.171. The molecule has 1 unspecified atom stereocenters. The SMILES string of the molecule is CC(N)CCNC(=O)c1ccn(-c2ccccc2)n1.Cl. The Balaban J connectivity index is 0.00000200. The summed E-state index contributed by atoms with van der Waals surface area (Å²) in [5.41, 5.74) is 6.96. The van der Waals surface area contributed by atoms with Gasteiger partial charge in [0.1, 0.15) is 0 Å². The second-order valence-electron chi connectivity index (χ2n) is 4.50. The van der Waals surface area contributed by atoms with Crippen LogP contribution in [-0.2, 0) is 0 Å². The van der Waals surface area contributed by atoms with E-state index in [-0.39, 0.29) is 24.4 Å². The van der Waals surface area contributed by atoms with E-state index in [0.29, 0.717) is 12.2 Å². The van der Waals surface area contributed by atoms with Gasteiger partial charge in [-0.15, -0.1) is 12.4 Å². The van der Waals surface area contributed by atoms with Crippen LogP contribution >= 0.6 is 12.4 Å². The van der Waals surface area contributed by atoms with Crippen LogP contribution in [0, 0.1) is 0 Å². The third-order valence-corrected chi connectivity index (χ3v) is 2.73. The fourth-order valence-corrected chi connectivity index (χ4v) is 1.67. The summed E-state index contributed by atoms with van der Waals surface area (Å²) in [5, 5.41) is 7.05. The Morgan fingerprint density at radius 1 is 1.35 bits per heavy atom. The van der Waals surface area contributed by atoms with E-state index >= 15 is 0 Å². The summed E-state index contributed by atoms with van der Waals surface area (Å²) in [6.07, 6.45) is 2.53. The molecule has 0 spiro atoms. The van der Waals surface area contributed by atoms with E-state index < -0.39 is 0 Å². The molecule has 1 aromatic heterocycles. The summed E-state index contributed by atoms with van der Waals surface area (Å²) in [4.78, 5) is 11.8. The van der Waals surface area contributed by atoms with Gasteiger partial charge in [-0.3, -0.25) is 4.79 Å². The summed E-state index contributed by atoms with van der Waals surface area (Å²) in [6, 6.07) is 11.5. The summed E-state index contributed by atoms with van der Waals surface area (Å²) in [7, 11) is 0.